The Morgan fingerprint density at radius 1 is 0.814 bits per heavy atom. The molecule has 0 saturated carbocycles. The van der Waals surface area contributed by atoms with Gasteiger partial charge in [0.25, 0.3) is 0 Å². The van der Waals surface area contributed by atoms with Crippen molar-refractivity contribution in [3.05, 3.63) is 71.5 Å². The summed E-state index contributed by atoms with van der Waals surface area (Å²) in [4.78, 5) is 55.2. The van der Waals surface area contributed by atoms with Crippen LogP contribution in [0, 0.1) is 5.82 Å². The smallest absolute Gasteiger partial charge is 0.243 e. The molecule has 0 aliphatic carbocycles. The van der Waals surface area contributed by atoms with Crippen LogP contribution in [0.25, 0.3) is 0 Å². The summed E-state index contributed by atoms with van der Waals surface area (Å²) in [6, 6.07) is 14.0. The topological polar surface area (TPSA) is 108 Å². The first kappa shape index (κ1) is 32.2. The molecule has 43 heavy (non-hydrogen) atoms. The van der Waals surface area contributed by atoms with E-state index in [-0.39, 0.29) is 37.2 Å². The fourth-order valence-corrected chi connectivity index (χ4v) is 6.04. The highest BCUT2D eigenvalue weighted by molar-refractivity contribution is 5.95. The van der Waals surface area contributed by atoms with E-state index in [0.717, 1.165) is 69.8 Å². The second kappa shape index (κ2) is 16.8. The number of hydrogen-bond acceptors (Lipinski definition) is 4. The molecular weight excluding hydrogens is 547 g/mol. The van der Waals surface area contributed by atoms with Crippen LogP contribution in [-0.4, -0.2) is 47.2 Å². The lowest BCUT2D eigenvalue weighted by molar-refractivity contribution is -0.137. The van der Waals surface area contributed by atoms with E-state index >= 15 is 0 Å². The Bertz CT molecular complexity index is 1220. The molecule has 4 rings (SSSR count). The quantitative estimate of drug-likeness (QED) is 0.435. The van der Waals surface area contributed by atoms with E-state index in [9.17, 15) is 23.6 Å². The molecule has 0 radical (unpaired) electrons. The fraction of sp³-hybridized carbons (Fsp3) is 0.529. The molecule has 2 fully saturated rings. The van der Waals surface area contributed by atoms with Gasteiger partial charge in [-0.1, -0.05) is 93.5 Å². The first-order valence-electron chi connectivity index (χ1n) is 15.9. The molecule has 232 valence electrons. The van der Waals surface area contributed by atoms with Crippen molar-refractivity contribution in [3.63, 3.8) is 0 Å². The van der Waals surface area contributed by atoms with E-state index in [4.69, 9.17) is 0 Å². The number of carbonyl (C=O) groups excluding carboxylic acids is 4. The van der Waals surface area contributed by atoms with Gasteiger partial charge in [-0.25, -0.2) is 4.39 Å². The maximum Gasteiger partial charge on any atom is 0.243 e. The van der Waals surface area contributed by atoms with Gasteiger partial charge in [-0.3, -0.25) is 19.2 Å². The second-order valence-corrected chi connectivity index (χ2v) is 11.7. The van der Waals surface area contributed by atoms with E-state index in [1.165, 1.54) is 6.07 Å². The molecule has 2 heterocycles. The number of halogens is 1. The zero-order valence-corrected chi connectivity index (χ0v) is 25.0. The van der Waals surface area contributed by atoms with Crippen LogP contribution < -0.4 is 16.0 Å². The molecule has 3 atom stereocenters. The van der Waals surface area contributed by atoms with Gasteiger partial charge < -0.3 is 20.9 Å². The minimum atomic E-state index is -1.10. The van der Waals surface area contributed by atoms with Crippen LogP contribution in [0.1, 0.15) is 101 Å². The lowest BCUT2D eigenvalue weighted by Crippen LogP contribution is -2.54. The van der Waals surface area contributed by atoms with Gasteiger partial charge in [0.1, 0.15) is 17.9 Å². The predicted octanol–water partition coefficient (Wildman–Crippen LogP) is 5.08. The maximum atomic E-state index is 14.2. The molecule has 2 aliphatic rings. The Kier molecular flexibility index (Phi) is 12.5. The van der Waals surface area contributed by atoms with E-state index in [2.05, 4.69) is 16.0 Å². The molecule has 2 aliphatic heterocycles. The van der Waals surface area contributed by atoms with Gasteiger partial charge in [-0.15, -0.1) is 0 Å². The molecule has 3 N–H and O–H groups in total. The molecule has 9 heteroatoms. The summed E-state index contributed by atoms with van der Waals surface area (Å²) < 4.78 is 14.2. The van der Waals surface area contributed by atoms with Crippen LogP contribution in [0.15, 0.2) is 54.6 Å². The Morgan fingerprint density at radius 3 is 2.23 bits per heavy atom. The molecule has 0 spiro atoms. The van der Waals surface area contributed by atoms with Crippen molar-refractivity contribution in [2.24, 2.45) is 0 Å². The van der Waals surface area contributed by atoms with Gasteiger partial charge >= 0.3 is 0 Å². The third-order valence-electron chi connectivity index (χ3n) is 8.48. The first-order valence-corrected chi connectivity index (χ1v) is 15.9. The van der Waals surface area contributed by atoms with Crippen LogP contribution in [0.5, 0.6) is 0 Å². The number of nitrogens with one attached hydrogen (secondary N) is 3. The van der Waals surface area contributed by atoms with Crippen LogP contribution in [0.4, 0.5) is 4.39 Å². The van der Waals surface area contributed by atoms with Crippen molar-refractivity contribution < 1.29 is 23.6 Å². The van der Waals surface area contributed by atoms with Crippen LogP contribution >= 0.6 is 0 Å². The van der Waals surface area contributed by atoms with Crippen LogP contribution in [0.2, 0.25) is 0 Å². The second-order valence-electron chi connectivity index (χ2n) is 11.7. The van der Waals surface area contributed by atoms with Gasteiger partial charge in [0, 0.05) is 25.1 Å². The van der Waals surface area contributed by atoms with E-state index in [0.29, 0.717) is 18.5 Å². The Morgan fingerprint density at radius 2 is 1.49 bits per heavy atom. The van der Waals surface area contributed by atoms with E-state index in [1.54, 1.807) is 23.1 Å². The van der Waals surface area contributed by atoms with Crippen molar-refractivity contribution >= 4 is 23.6 Å². The molecular formula is C34H45FN4O4. The minimum Gasteiger partial charge on any atom is -0.350 e. The van der Waals surface area contributed by atoms with Crippen molar-refractivity contribution in [1.29, 1.82) is 0 Å². The normalized spacial score (nSPS) is 22.8. The van der Waals surface area contributed by atoms with Crippen molar-refractivity contribution in [3.8, 4) is 0 Å². The minimum absolute atomic E-state index is 0.00758. The molecule has 2 saturated heterocycles. The monoisotopic (exact) mass is 592 g/mol. The zero-order chi connectivity index (χ0) is 30.4. The number of rotatable bonds is 6. The molecule has 4 amide bonds. The standard InChI is InChI=1S/C34H45FN4O4/c35-27-18-13-12-17-26(27)24-36-33(42)28-19-10-5-3-1-2-4-6-11-21-31(40)37-29(34(43)38-28)23-32(41)39-22-14-20-30(39)25-15-8-7-9-16-25/h7-9,12-13,15-18,28-30H,1-6,10-11,14,19-24H2,(H,36,42)(H,37,40)(H,38,43)/t28-,29-,30+/m0/s1. The van der Waals surface area contributed by atoms with Gasteiger partial charge in [0.05, 0.1) is 12.5 Å². The SMILES string of the molecule is O=C1CCCCCCCCCC[C@@H](C(=O)NCc2ccccc2F)NC(=O)[C@H](CC(=O)N2CCC[C@@H]2c2ccccc2)N1. The summed E-state index contributed by atoms with van der Waals surface area (Å²) in [6.07, 6.45) is 9.80. The number of hydrogen-bond donors (Lipinski definition) is 3. The summed E-state index contributed by atoms with van der Waals surface area (Å²) in [5.41, 5.74) is 1.40. The molecule has 8 nitrogen and oxygen atoms in total. The van der Waals surface area contributed by atoms with Gasteiger partial charge in [-0.05, 0) is 37.3 Å². The fourth-order valence-electron chi connectivity index (χ4n) is 6.04. The molecule has 0 unspecified atom stereocenters. The highest BCUT2D eigenvalue weighted by atomic mass is 19.1. The summed E-state index contributed by atoms with van der Waals surface area (Å²) in [5, 5.41) is 8.39. The van der Waals surface area contributed by atoms with Gasteiger partial charge in [0.2, 0.25) is 23.6 Å². The van der Waals surface area contributed by atoms with Crippen molar-refractivity contribution in [2.75, 3.05) is 6.54 Å². The Balaban J connectivity index is 1.48. The third-order valence-corrected chi connectivity index (χ3v) is 8.48. The maximum absolute atomic E-state index is 14.2. The first-order chi connectivity index (χ1) is 20.9. The lowest BCUT2D eigenvalue weighted by Gasteiger charge is -2.28. The number of nitrogens with zero attached hydrogens (tertiary/aromatic N) is 1. The molecule has 0 aromatic heterocycles. The number of likely N-dealkylation sites (tertiary alicyclic amines) is 1. The largest absolute Gasteiger partial charge is 0.350 e. The summed E-state index contributed by atoms with van der Waals surface area (Å²) in [6.45, 7) is 0.577. The molecule has 2 aromatic carbocycles. The lowest BCUT2D eigenvalue weighted by atomic mass is 10.0. The van der Waals surface area contributed by atoms with Gasteiger partial charge in [-0.2, -0.15) is 0 Å². The Hall–Kier alpha value is -3.75. The van der Waals surface area contributed by atoms with E-state index in [1.807, 2.05) is 30.3 Å². The molecule has 2 aromatic rings. The number of benzene rings is 2. The highest BCUT2D eigenvalue weighted by Crippen LogP contribution is 2.32. The summed E-state index contributed by atoms with van der Waals surface area (Å²) >= 11 is 0. The van der Waals surface area contributed by atoms with E-state index < -0.39 is 29.7 Å². The molecule has 0 bridgehead atoms. The van der Waals surface area contributed by atoms with Crippen LogP contribution in [0.3, 0.4) is 0 Å². The highest BCUT2D eigenvalue weighted by Gasteiger charge is 2.34. The van der Waals surface area contributed by atoms with Crippen molar-refractivity contribution in [2.45, 2.75) is 108 Å². The number of amides is 4. The zero-order valence-electron chi connectivity index (χ0n) is 25.0. The van der Waals surface area contributed by atoms with Gasteiger partial charge in [0.15, 0.2) is 0 Å². The van der Waals surface area contributed by atoms with Crippen molar-refractivity contribution in [1.82, 2.24) is 20.9 Å². The summed E-state index contributed by atoms with van der Waals surface area (Å²) in [7, 11) is 0. The summed E-state index contributed by atoms with van der Waals surface area (Å²) in [5.74, 6) is -1.88. The average Bonchev–Trinajstić information content (AvgIpc) is 3.51. The predicted molar refractivity (Wildman–Crippen MR) is 163 cm³/mol. The Labute approximate surface area is 254 Å². The average molecular weight is 593 g/mol. The van der Waals surface area contributed by atoms with Crippen LogP contribution in [-0.2, 0) is 25.7 Å². The third kappa shape index (κ3) is 9.90. The number of carbonyl (C=O) groups is 4.